The minimum atomic E-state index is -1.08. The molecule has 2 aliphatic heterocycles. The minimum Gasteiger partial charge on any atom is -0.493 e. The van der Waals surface area contributed by atoms with E-state index in [4.69, 9.17) is 14.0 Å². The number of benzene rings is 1. The molecule has 1 aromatic heterocycles. The number of nitrogens with one attached hydrogen (secondary N) is 1. The van der Waals surface area contributed by atoms with Crippen molar-refractivity contribution in [2.24, 2.45) is 5.92 Å². The van der Waals surface area contributed by atoms with Gasteiger partial charge in [0.05, 0.1) is 12.7 Å². The van der Waals surface area contributed by atoms with Crippen molar-refractivity contribution in [1.82, 2.24) is 20.4 Å². The number of piperidine rings is 1. The number of nitrogens with zero attached hydrogens (tertiary/aromatic N) is 5. The molecule has 3 heterocycles. The molecular formula is C32H45FN6O5. The molecule has 2 aliphatic rings. The van der Waals surface area contributed by atoms with Crippen molar-refractivity contribution in [2.45, 2.75) is 103 Å². The monoisotopic (exact) mass is 612 g/mol. The summed E-state index contributed by atoms with van der Waals surface area (Å²) in [5.41, 5.74) is -0.512. The number of rotatable bonds is 11. The van der Waals surface area contributed by atoms with Crippen molar-refractivity contribution in [3.05, 3.63) is 35.4 Å². The van der Waals surface area contributed by atoms with Crippen LogP contribution >= 0.6 is 0 Å². The molecule has 1 aromatic carbocycles. The predicted molar refractivity (Wildman–Crippen MR) is 162 cm³/mol. The number of amides is 2. The molecule has 2 aromatic rings. The number of likely N-dealkylation sites (tertiary alicyclic amines) is 1. The molecule has 0 spiro atoms. The summed E-state index contributed by atoms with van der Waals surface area (Å²) in [6.45, 7) is 11.9. The van der Waals surface area contributed by atoms with Gasteiger partial charge in [0.25, 0.3) is 0 Å². The van der Waals surface area contributed by atoms with Crippen LogP contribution in [0.4, 0.5) is 15.2 Å². The molecule has 11 nitrogen and oxygen atoms in total. The number of nitriles is 1. The van der Waals surface area contributed by atoms with Crippen molar-refractivity contribution < 1.29 is 28.0 Å². The number of hydrogen-bond acceptors (Lipinski definition) is 9. The van der Waals surface area contributed by atoms with Gasteiger partial charge < -0.3 is 29.1 Å². The van der Waals surface area contributed by atoms with Gasteiger partial charge in [-0.1, -0.05) is 25.1 Å². The largest absolute Gasteiger partial charge is 0.493 e. The summed E-state index contributed by atoms with van der Waals surface area (Å²) in [4.78, 5) is 34.0. The first-order valence-corrected chi connectivity index (χ1v) is 15.6. The number of aromatic nitrogens is 2. The Labute approximate surface area is 259 Å². The Morgan fingerprint density at radius 2 is 1.95 bits per heavy atom. The molecule has 0 saturated carbocycles. The Hall–Kier alpha value is -3.88. The smallest absolute Gasteiger partial charge is 0.408 e. The maximum Gasteiger partial charge on any atom is 0.408 e. The van der Waals surface area contributed by atoms with Gasteiger partial charge in [-0.25, -0.2) is 9.18 Å². The molecular weight excluding hydrogens is 567 g/mol. The van der Waals surface area contributed by atoms with Crippen molar-refractivity contribution in [3.63, 3.8) is 0 Å². The Kier molecular flexibility index (Phi) is 11.1. The average Bonchev–Trinajstić information content (AvgIpc) is 3.66. The van der Waals surface area contributed by atoms with E-state index in [-0.39, 0.29) is 17.9 Å². The molecule has 2 unspecified atom stereocenters. The fourth-order valence-corrected chi connectivity index (χ4v) is 5.58. The van der Waals surface area contributed by atoms with E-state index in [0.717, 1.165) is 44.6 Å². The number of carbonyl (C=O) groups is 2. The SMILES string of the molecule is CC(C)c1noc(N2CCC(CCCOc3ccc(CC(NC(=O)OC(C)(C)C)C(=O)N4CCCC4C#N)c(F)c3)CC2)n1. The van der Waals surface area contributed by atoms with Crippen molar-refractivity contribution in [3.8, 4) is 11.8 Å². The van der Waals surface area contributed by atoms with Gasteiger partial charge in [0, 0.05) is 38.0 Å². The fraction of sp³-hybridized carbons (Fsp3) is 0.656. The summed E-state index contributed by atoms with van der Waals surface area (Å²) in [7, 11) is 0. The number of alkyl carbamates (subject to hydrolysis) is 1. The van der Waals surface area contributed by atoms with E-state index in [9.17, 15) is 14.9 Å². The molecule has 4 rings (SSSR count). The van der Waals surface area contributed by atoms with E-state index in [1.54, 1.807) is 32.9 Å². The van der Waals surface area contributed by atoms with Crippen LogP contribution in [0.25, 0.3) is 0 Å². The number of ether oxygens (including phenoxy) is 2. The molecule has 44 heavy (non-hydrogen) atoms. The number of hydrogen-bond donors (Lipinski definition) is 1. The molecule has 1 N–H and O–H groups in total. The van der Waals surface area contributed by atoms with Crippen LogP contribution in [0.1, 0.15) is 90.4 Å². The van der Waals surface area contributed by atoms with Crippen LogP contribution in [0.5, 0.6) is 5.75 Å². The number of carbonyl (C=O) groups excluding carboxylic acids is 2. The second-order valence-corrected chi connectivity index (χ2v) is 13.0. The van der Waals surface area contributed by atoms with Crippen LogP contribution in [-0.4, -0.2) is 71.0 Å². The molecule has 2 fully saturated rings. The Morgan fingerprint density at radius 1 is 1.20 bits per heavy atom. The third-order valence-electron chi connectivity index (χ3n) is 7.98. The maximum atomic E-state index is 15.2. The first-order valence-electron chi connectivity index (χ1n) is 15.6. The Bertz CT molecular complexity index is 1310. The molecule has 0 radical (unpaired) electrons. The zero-order valence-corrected chi connectivity index (χ0v) is 26.5. The van der Waals surface area contributed by atoms with Crippen molar-refractivity contribution >= 4 is 18.0 Å². The second-order valence-electron chi connectivity index (χ2n) is 13.0. The lowest BCUT2D eigenvalue weighted by Gasteiger charge is -2.30. The standard InChI is InChI=1S/C32H45FN6O5/c1-21(2)28-36-30(44-37-28)38-15-12-22(13-16-38)8-7-17-42-25-11-10-23(26(33)19-25)18-27(35-31(41)43-32(3,4)5)29(40)39-14-6-9-24(39)20-34/h10-11,19,21-22,24,27H,6-9,12-18H2,1-5H3,(H,35,41). The van der Waals surface area contributed by atoms with Crippen LogP contribution in [0.3, 0.4) is 0 Å². The third-order valence-corrected chi connectivity index (χ3v) is 7.98. The third kappa shape index (κ3) is 9.07. The van der Waals surface area contributed by atoms with E-state index in [2.05, 4.69) is 26.4 Å². The lowest BCUT2D eigenvalue weighted by Crippen LogP contribution is -2.51. The highest BCUT2D eigenvalue weighted by atomic mass is 19.1. The van der Waals surface area contributed by atoms with Crippen molar-refractivity contribution in [2.75, 3.05) is 31.1 Å². The highest BCUT2D eigenvalue weighted by Gasteiger charge is 2.35. The lowest BCUT2D eigenvalue weighted by atomic mass is 9.92. The number of anilines is 1. The van der Waals surface area contributed by atoms with Crippen LogP contribution < -0.4 is 15.0 Å². The van der Waals surface area contributed by atoms with Crippen molar-refractivity contribution in [1.29, 1.82) is 5.26 Å². The van der Waals surface area contributed by atoms with Gasteiger partial charge in [0.1, 0.15) is 29.3 Å². The summed E-state index contributed by atoms with van der Waals surface area (Å²) in [6.07, 6.45) is 4.33. The quantitative estimate of drug-likeness (QED) is 0.333. The summed E-state index contributed by atoms with van der Waals surface area (Å²) in [5.74, 6) is 0.983. The molecule has 240 valence electrons. The highest BCUT2D eigenvalue weighted by Crippen LogP contribution is 2.27. The van der Waals surface area contributed by atoms with Crippen LogP contribution in [0, 0.1) is 23.1 Å². The Morgan fingerprint density at radius 3 is 2.59 bits per heavy atom. The number of halogens is 1. The second kappa shape index (κ2) is 14.7. The Balaban J connectivity index is 1.27. The van der Waals surface area contributed by atoms with Gasteiger partial charge >= 0.3 is 12.1 Å². The minimum absolute atomic E-state index is 0.0834. The van der Waals surface area contributed by atoms with Gasteiger partial charge in [0.15, 0.2) is 5.82 Å². The molecule has 0 aliphatic carbocycles. The van der Waals surface area contributed by atoms with Gasteiger partial charge in [0.2, 0.25) is 5.91 Å². The van der Waals surface area contributed by atoms with Crippen LogP contribution in [-0.2, 0) is 16.0 Å². The van der Waals surface area contributed by atoms with E-state index < -0.39 is 35.5 Å². The zero-order valence-electron chi connectivity index (χ0n) is 26.5. The summed E-state index contributed by atoms with van der Waals surface area (Å²) < 4.78 is 31.8. The molecule has 2 atom stereocenters. The van der Waals surface area contributed by atoms with Gasteiger partial charge in [-0.2, -0.15) is 10.2 Å². The normalized spacial score (nSPS) is 18.3. The van der Waals surface area contributed by atoms with E-state index in [1.807, 2.05) is 13.8 Å². The molecule has 2 saturated heterocycles. The average molecular weight is 613 g/mol. The molecule has 2 amide bonds. The first-order chi connectivity index (χ1) is 20.9. The van der Waals surface area contributed by atoms with Crippen LogP contribution in [0.2, 0.25) is 0 Å². The topological polar surface area (TPSA) is 134 Å². The zero-order chi connectivity index (χ0) is 31.9. The molecule has 0 bridgehead atoms. The lowest BCUT2D eigenvalue weighted by molar-refractivity contribution is -0.133. The summed E-state index contributed by atoms with van der Waals surface area (Å²) in [6, 6.07) is 5.65. The van der Waals surface area contributed by atoms with E-state index in [1.165, 1.54) is 11.0 Å². The van der Waals surface area contributed by atoms with Gasteiger partial charge in [-0.05, 0) is 76.8 Å². The van der Waals surface area contributed by atoms with E-state index >= 15 is 4.39 Å². The van der Waals surface area contributed by atoms with Gasteiger partial charge in [-0.15, -0.1) is 0 Å². The van der Waals surface area contributed by atoms with Crippen LogP contribution in [0.15, 0.2) is 22.7 Å². The first kappa shape index (κ1) is 33.0. The molecule has 12 heteroatoms. The summed E-state index contributed by atoms with van der Waals surface area (Å²) >= 11 is 0. The highest BCUT2D eigenvalue weighted by molar-refractivity contribution is 5.86. The maximum absolute atomic E-state index is 15.2. The predicted octanol–water partition coefficient (Wildman–Crippen LogP) is 5.36. The summed E-state index contributed by atoms with van der Waals surface area (Å²) in [5, 5.41) is 16.1. The van der Waals surface area contributed by atoms with E-state index in [0.29, 0.717) is 43.7 Å². The fourth-order valence-electron chi connectivity index (χ4n) is 5.58. The van der Waals surface area contributed by atoms with Gasteiger partial charge in [-0.3, -0.25) is 4.79 Å².